The first-order chi connectivity index (χ1) is 18.8. The average Bonchev–Trinajstić information content (AvgIpc) is 3.59. The molecule has 204 valence electrons. The molecule has 0 spiro atoms. The number of halogens is 1. The number of anilines is 1. The molecule has 4 aromatic rings. The number of aromatic nitrogens is 5. The van der Waals surface area contributed by atoms with E-state index in [-0.39, 0.29) is 12.1 Å². The van der Waals surface area contributed by atoms with Gasteiger partial charge >= 0.3 is 0 Å². The van der Waals surface area contributed by atoms with Gasteiger partial charge in [-0.25, -0.2) is 23.1 Å². The van der Waals surface area contributed by atoms with E-state index in [4.69, 9.17) is 31.4 Å². The van der Waals surface area contributed by atoms with Crippen LogP contribution >= 0.6 is 11.6 Å². The second kappa shape index (κ2) is 9.56. The Morgan fingerprint density at radius 3 is 2.64 bits per heavy atom. The van der Waals surface area contributed by atoms with Crippen LogP contribution in [0.4, 0.5) is 5.69 Å². The van der Waals surface area contributed by atoms with Crippen LogP contribution in [0.1, 0.15) is 12.2 Å². The number of piperazine rings is 1. The predicted octanol–water partition coefficient (Wildman–Crippen LogP) is 2.52. The molecule has 11 nitrogen and oxygen atoms in total. The molecule has 4 saturated heterocycles. The van der Waals surface area contributed by atoms with Gasteiger partial charge in [-0.1, -0.05) is 23.7 Å². The molecule has 8 rings (SSSR count). The molecular weight excluding hydrogens is 540 g/mol. The molecule has 2 unspecified atom stereocenters. The molecule has 0 radical (unpaired) electrons. The van der Waals surface area contributed by atoms with Crippen LogP contribution in [-0.4, -0.2) is 100 Å². The van der Waals surface area contributed by atoms with Crippen molar-refractivity contribution in [3.8, 4) is 17.1 Å². The Morgan fingerprint density at radius 1 is 1.10 bits per heavy atom. The molecule has 4 aliphatic heterocycles. The largest absolute Gasteiger partial charge is 0.378 e. The van der Waals surface area contributed by atoms with Gasteiger partial charge in [0.15, 0.2) is 11.5 Å². The number of aromatic amines is 1. The van der Waals surface area contributed by atoms with Crippen LogP contribution in [0, 0.1) is 0 Å². The molecule has 3 aromatic heterocycles. The number of hydrogen-bond donors (Lipinski definition) is 1. The van der Waals surface area contributed by atoms with Crippen LogP contribution < -0.4 is 4.90 Å². The molecule has 4 fully saturated rings. The van der Waals surface area contributed by atoms with Gasteiger partial charge in [-0.15, -0.1) is 0 Å². The molecule has 0 amide bonds. The highest BCUT2D eigenvalue weighted by molar-refractivity contribution is 7.88. The van der Waals surface area contributed by atoms with Crippen LogP contribution in [0.5, 0.6) is 0 Å². The zero-order chi connectivity index (χ0) is 26.7. The van der Waals surface area contributed by atoms with Gasteiger partial charge in [-0.2, -0.15) is 9.40 Å². The summed E-state index contributed by atoms with van der Waals surface area (Å²) in [6.45, 7) is 4.57. The van der Waals surface area contributed by atoms with E-state index in [1.165, 1.54) is 6.26 Å². The number of rotatable bonds is 6. The van der Waals surface area contributed by atoms with Crippen molar-refractivity contribution < 1.29 is 13.2 Å². The quantitative estimate of drug-likeness (QED) is 0.378. The zero-order valence-corrected chi connectivity index (χ0v) is 23.1. The average molecular weight is 569 g/mol. The minimum atomic E-state index is -3.17. The Labute approximate surface area is 231 Å². The first-order valence-corrected chi connectivity index (χ1v) is 15.3. The van der Waals surface area contributed by atoms with Gasteiger partial charge in [0.2, 0.25) is 10.0 Å². The summed E-state index contributed by atoms with van der Waals surface area (Å²) in [5, 5.41) is 5.44. The fraction of sp³-hybridized carbons (Fsp3) is 0.423. The van der Waals surface area contributed by atoms with Gasteiger partial charge in [0, 0.05) is 61.1 Å². The van der Waals surface area contributed by atoms with E-state index in [2.05, 4.69) is 14.8 Å². The first-order valence-electron chi connectivity index (χ1n) is 13.1. The number of sulfonamides is 1. The maximum atomic E-state index is 12.0. The summed E-state index contributed by atoms with van der Waals surface area (Å²) in [5.41, 5.74) is 4.28. The summed E-state index contributed by atoms with van der Waals surface area (Å²) in [6.07, 6.45) is 4.20. The Bertz CT molecular complexity index is 1640. The van der Waals surface area contributed by atoms with Crippen LogP contribution in [0.25, 0.3) is 28.2 Å². The monoisotopic (exact) mass is 568 g/mol. The molecule has 1 aromatic carbocycles. The summed E-state index contributed by atoms with van der Waals surface area (Å²) in [4.78, 5) is 17.9. The Morgan fingerprint density at radius 2 is 1.90 bits per heavy atom. The van der Waals surface area contributed by atoms with Gasteiger partial charge in [-0.05, 0) is 24.6 Å². The normalized spacial score (nSPS) is 22.4. The third-order valence-electron chi connectivity index (χ3n) is 7.88. The van der Waals surface area contributed by atoms with Crippen LogP contribution in [0.2, 0.25) is 5.02 Å². The first kappa shape index (κ1) is 25.0. The smallest absolute Gasteiger partial charge is 0.211 e. The van der Waals surface area contributed by atoms with Gasteiger partial charge in [0.1, 0.15) is 11.3 Å². The summed E-state index contributed by atoms with van der Waals surface area (Å²) < 4.78 is 33.0. The molecule has 13 heteroatoms. The highest BCUT2D eigenvalue weighted by Crippen LogP contribution is 2.35. The van der Waals surface area contributed by atoms with Crippen molar-refractivity contribution in [2.24, 2.45) is 0 Å². The lowest BCUT2D eigenvalue weighted by molar-refractivity contribution is -0.0510. The van der Waals surface area contributed by atoms with Crippen molar-refractivity contribution in [2.45, 2.75) is 25.0 Å². The lowest BCUT2D eigenvalue weighted by Crippen LogP contribution is -2.68. The van der Waals surface area contributed by atoms with E-state index in [0.717, 1.165) is 47.8 Å². The molecule has 0 aliphatic carbocycles. The van der Waals surface area contributed by atoms with Gasteiger partial charge in [-0.3, -0.25) is 4.90 Å². The van der Waals surface area contributed by atoms with Crippen molar-refractivity contribution in [3.63, 3.8) is 0 Å². The van der Waals surface area contributed by atoms with E-state index in [0.29, 0.717) is 49.3 Å². The standard InChI is InChI=1S/C26H29ClN8O3S/c1-39(36,37)33-14-19-12-20(15-33)34(19)16-23-28-25-22(32-7-9-38-10-8-32)13-24(30-26(25)29-23)35-6-5-21(31-35)17-3-2-4-18(27)11-17/h2-6,11,13,19-20H,7-10,12,14-16H2,1H3,(H,28,29,30). The Kier molecular flexibility index (Phi) is 6.12. The van der Waals surface area contributed by atoms with E-state index in [9.17, 15) is 8.42 Å². The molecular formula is C26H29ClN8O3S. The molecule has 1 N–H and O–H groups in total. The van der Waals surface area contributed by atoms with Crippen molar-refractivity contribution in [1.82, 2.24) is 33.9 Å². The predicted molar refractivity (Wildman–Crippen MR) is 149 cm³/mol. The van der Waals surface area contributed by atoms with Crippen molar-refractivity contribution >= 4 is 38.5 Å². The third kappa shape index (κ3) is 4.70. The van der Waals surface area contributed by atoms with Crippen LogP contribution in [0.15, 0.2) is 42.6 Å². The highest BCUT2D eigenvalue weighted by atomic mass is 35.5. The molecule has 39 heavy (non-hydrogen) atoms. The van der Waals surface area contributed by atoms with Crippen molar-refractivity contribution in [1.29, 1.82) is 0 Å². The summed E-state index contributed by atoms with van der Waals surface area (Å²) >= 11 is 6.19. The fourth-order valence-corrected chi connectivity index (χ4v) is 6.93. The number of nitrogens with one attached hydrogen (secondary N) is 1. The number of fused-ring (bicyclic) bond motifs is 3. The second-order valence-corrected chi connectivity index (χ2v) is 12.9. The minimum Gasteiger partial charge on any atom is -0.378 e. The number of hydrogen-bond acceptors (Lipinski definition) is 8. The van der Waals surface area contributed by atoms with Crippen LogP contribution in [-0.2, 0) is 21.3 Å². The fourth-order valence-electron chi connectivity index (χ4n) is 5.86. The van der Waals surface area contributed by atoms with Gasteiger partial charge in [0.05, 0.1) is 37.4 Å². The summed E-state index contributed by atoms with van der Waals surface area (Å²) in [6, 6.07) is 12.0. The summed E-state index contributed by atoms with van der Waals surface area (Å²) in [5.74, 6) is 1.51. The zero-order valence-electron chi connectivity index (χ0n) is 21.5. The molecule has 7 heterocycles. The van der Waals surface area contributed by atoms with Crippen molar-refractivity contribution in [3.05, 3.63) is 53.4 Å². The van der Waals surface area contributed by atoms with E-state index in [1.54, 1.807) is 8.99 Å². The summed E-state index contributed by atoms with van der Waals surface area (Å²) in [7, 11) is -3.17. The number of piperidine rings is 1. The molecule has 4 aliphatic rings. The number of imidazole rings is 1. The number of ether oxygens (including phenoxy) is 1. The maximum absolute atomic E-state index is 12.0. The lowest BCUT2D eigenvalue weighted by atomic mass is 9.89. The topological polar surface area (TPSA) is 112 Å². The second-order valence-electron chi connectivity index (χ2n) is 10.4. The molecule has 2 atom stereocenters. The highest BCUT2D eigenvalue weighted by Gasteiger charge is 2.47. The van der Waals surface area contributed by atoms with Crippen LogP contribution in [0.3, 0.4) is 0 Å². The SMILES string of the molecule is CS(=O)(=O)N1CC2CC(C1)N2Cc1nc2nc(-n3ccc(-c4cccc(Cl)c4)n3)cc(N3CCOCC3)c2[nH]1. The molecule has 0 saturated carbocycles. The van der Waals surface area contributed by atoms with E-state index < -0.39 is 10.0 Å². The number of morpholine rings is 1. The number of benzene rings is 1. The maximum Gasteiger partial charge on any atom is 0.211 e. The Balaban J connectivity index is 1.21. The van der Waals surface area contributed by atoms with Gasteiger partial charge < -0.3 is 14.6 Å². The number of pyridine rings is 1. The lowest BCUT2D eigenvalue weighted by Gasteiger charge is -2.55. The number of nitrogens with zero attached hydrogens (tertiary/aromatic N) is 7. The minimum absolute atomic E-state index is 0.211. The Hall–Kier alpha value is -3.03. The number of H-pyrrole nitrogens is 1. The van der Waals surface area contributed by atoms with E-state index >= 15 is 0 Å². The third-order valence-corrected chi connectivity index (χ3v) is 9.36. The van der Waals surface area contributed by atoms with E-state index in [1.807, 2.05) is 42.6 Å². The van der Waals surface area contributed by atoms with Crippen molar-refractivity contribution in [2.75, 3.05) is 50.5 Å². The molecule has 2 bridgehead atoms. The van der Waals surface area contributed by atoms with Gasteiger partial charge in [0.25, 0.3) is 0 Å².